The molecule has 0 aliphatic rings. The van der Waals surface area contributed by atoms with E-state index in [0.717, 1.165) is 11.3 Å². The summed E-state index contributed by atoms with van der Waals surface area (Å²) in [4.78, 5) is 4.46. The molecule has 0 atom stereocenters. The van der Waals surface area contributed by atoms with E-state index in [4.69, 9.17) is 4.42 Å². The van der Waals surface area contributed by atoms with Gasteiger partial charge in [0.2, 0.25) is 0 Å². The van der Waals surface area contributed by atoms with Gasteiger partial charge < -0.3 is 4.42 Å². The molecule has 0 radical (unpaired) electrons. The molecule has 0 saturated carbocycles. The largest absolute Gasteiger partial charge is 0.464 e. The van der Waals surface area contributed by atoms with Crippen molar-refractivity contribution in [3.05, 3.63) is 29.8 Å². The minimum absolute atomic E-state index is 0.434. The zero-order chi connectivity index (χ0) is 11.0. The molecular weight excluding hydrogens is 186 g/mol. The van der Waals surface area contributed by atoms with Crippen LogP contribution in [0, 0.1) is 0 Å². The maximum Gasteiger partial charge on any atom is 0.137 e. The van der Waals surface area contributed by atoms with Crippen molar-refractivity contribution in [2.75, 3.05) is 0 Å². The first-order valence-electron chi connectivity index (χ1n) is 5.47. The summed E-state index contributed by atoms with van der Waals surface area (Å²) in [5.41, 5.74) is 3.36. The molecule has 0 spiro atoms. The minimum atomic E-state index is 0.434. The summed E-state index contributed by atoms with van der Waals surface area (Å²) in [6.45, 7) is 8.70. The second-order valence-corrected chi connectivity index (χ2v) is 4.57. The fourth-order valence-corrected chi connectivity index (χ4v) is 1.90. The average Bonchev–Trinajstić information content (AvgIpc) is 2.60. The van der Waals surface area contributed by atoms with Gasteiger partial charge in [-0.2, -0.15) is 0 Å². The first-order valence-corrected chi connectivity index (χ1v) is 5.47. The summed E-state index contributed by atoms with van der Waals surface area (Å²) in [7, 11) is 0. The first-order chi connectivity index (χ1) is 7.11. The molecule has 2 heteroatoms. The van der Waals surface area contributed by atoms with Gasteiger partial charge in [-0.05, 0) is 17.9 Å². The molecule has 2 rings (SSSR count). The van der Waals surface area contributed by atoms with E-state index in [9.17, 15) is 0 Å². The highest BCUT2D eigenvalue weighted by Crippen LogP contribution is 2.32. The smallest absolute Gasteiger partial charge is 0.137 e. The maximum atomic E-state index is 5.56. The third-order valence-corrected chi connectivity index (χ3v) is 2.71. The highest BCUT2D eigenvalue weighted by Gasteiger charge is 2.15. The second kappa shape index (κ2) is 3.69. The standard InChI is InChI=1S/C13H17NO/c1-8(2)10-7-15-11-5-6-14-13(9(3)4)12(10)11/h5-9H,1-4H3. The molecule has 0 N–H and O–H groups in total. The number of rotatable bonds is 2. The van der Waals surface area contributed by atoms with Gasteiger partial charge in [-0.3, -0.25) is 4.98 Å². The molecule has 2 nitrogen and oxygen atoms in total. The van der Waals surface area contributed by atoms with Gasteiger partial charge in [0.15, 0.2) is 0 Å². The highest BCUT2D eigenvalue weighted by molar-refractivity contribution is 5.84. The molecule has 80 valence electrons. The lowest BCUT2D eigenvalue weighted by Crippen LogP contribution is -1.95. The van der Waals surface area contributed by atoms with Crippen LogP contribution < -0.4 is 0 Å². The van der Waals surface area contributed by atoms with E-state index in [0.29, 0.717) is 11.8 Å². The molecule has 2 aromatic heterocycles. The molecule has 0 amide bonds. The molecule has 0 aliphatic carbocycles. The molecule has 0 bridgehead atoms. The molecule has 0 fully saturated rings. The van der Waals surface area contributed by atoms with Crippen molar-refractivity contribution in [1.82, 2.24) is 4.98 Å². The van der Waals surface area contributed by atoms with Crippen molar-refractivity contribution in [3.63, 3.8) is 0 Å². The topological polar surface area (TPSA) is 26.0 Å². The van der Waals surface area contributed by atoms with Crippen molar-refractivity contribution in [2.45, 2.75) is 39.5 Å². The molecule has 0 saturated heterocycles. The van der Waals surface area contributed by atoms with Crippen molar-refractivity contribution in [3.8, 4) is 0 Å². The summed E-state index contributed by atoms with van der Waals surface area (Å²) in [5.74, 6) is 0.914. The fourth-order valence-electron chi connectivity index (χ4n) is 1.90. The van der Waals surface area contributed by atoms with Gasteiger partial charge in [-0.15, -0.1) is 0 Å². The van der Waals surface area contributed by atoms with Crippen molar-refractivity contribution in [1.29, 1.82) is 0 Å². The zero-order valence-electron chi connectivity index (χ0n) is 9.74. The molecule has 0 aliphatic heterocycles. The van der Waals surface area contributed by atoms with E-state index in [2.05, 4.69) is 32.7 Å². The Balaban J connectivity index is 2.75. The number of hydrogen-bond acceptors (Lipinski definition) is 2. The molecular formula is C13H17NO. The normalized spacial score (nSPS) is 11.9. The Kier molecular flexibility index (Phi) is 2.51. The third-order valence-electron chi connectivity index (χ3n) is 2.71. The van der Waals surface area contributed by atoms with E-state index < -0.39 is 0 Å². The van der Waals surface area contributed by atoms with Gasteiger partial charge in [-0.25, -0.2) is 0 Å². The first kappa shape index (κ1) is 10.2. The van der Waals surface area contributed by atoms with Crippen molar-refractivity contribution >= 4 is 11.0 Å². The Morgan fingerprint density at radius 2 is 1.87 bits per heavy atom. The Hall–Kier alpha value is -1.31. The number of fused-ring (bicyclic) bond motifs is 1. The van der Waals surface area contributed by atoms with Gasteiger partial charge in [0.1, 0.15) is 5.58 Å². The van der Waals surface area contributed by atoms with Crippen LogP contribution in [-0.2, 0) is 0 Å². The average molecular weight is 203 g/mol. The Bertz CT molecular complexity index is 468. The summed E-state index contributed by atoms with van der Waals surface area (Å²) < 4.78 is 5.56. The number of pyridine rings is 1. The molecule has 0 aromatic carbocycles. The molecule has 15 heavy (non-hydrogen) atoms. The van der Waals surface area contributed by atoms with Crippen LogP contribution >= 0.6 is 0 Å². The fraction of sp³-hybridized carbons (Fsp3) is 0.462. The van der Waals surface area contributed by atoms with Crippen molar-refractivity contribution in [2.24, 2.45) is 0 Å². The maximum absolute atomic E-state index is 5.56. The summed E-state index contributed by atoms with van der Waals surface area (Å²) >= 11 is 0. The van der Waals surface area contributed by atoms with E-state index in [1.165, 1.54) is 10.9 Å². The van der Waals surface area contributed by atoms with Crippen LogP contribution in [0.15, 0.2) is 22.9 Å². The van der Waals surface area contributed by atoms with Gasteiger partial charge >= 0.3 is 0 Å². The number of hydrogen-bond donors (Lipinski definition) is 0. The van der Waals surface area contributed by atoms with E-state index in [1.54, 1.807) is 0 Å². The summed E-state index contributed by atoms with van der Waals surface area (Å²) in [5, 5.41) is 1.21. The van der Waals surface area contributed by atoms with E-state index >= 15 is 0 Å². The minimum Gasteiger partial charge on any atom is -0.464 e. The predicted octanol–water partition coefficient (Wildman–Crippen LogP) is 4.07. The Morgan fingerprint density at radius 3 is 2.47 bits per heavy atom. The van der Waals surface area contributed by atoms with Crippen LogP contribution in [0.3, 0.4) is 0 Å². The lowest BCUT2D eigenvalue weighted by molar-refractivity contribution is 0.606. The number of furan rings is 1. The van der Waals surface area contributed by atoms with E-state index in [1.807, 2.05) is 18.5 Å². The monoisotopic (exact) mass is 203 g/mol. The SMILES string of the molecule is CC(C)c1coc2ccnc(C(C)C)c12. The van der Waals surface area contributed by atoms with Gasteiger partial charge in [-0.1, -0.05) is 27.7 Å². The van der Waals surface area contributed by atoms with E-state index in [-0.39, 0.29) is 0 Å². The van der Waals surface area contributed by atoms with Gasteiger partial charge in [0, 0.05) is 17.1 Å². The lowest BCUT2D eigenvalue weighted by Gasteiger charge is -2.08. The number of aromatic nitrogens is 1. The summed E-state index contributed by atoms with van der Waals surface area (Å²) in [6, 6.07) is 1.94. The van der Waals surface area contributed by atoms with Gasteiger partial charge in [0.05, 0.1) is 12.0 Å². The van der Waals surface area contributed by atoms with Crippen LogP contribution in [0.4, 0.5) is 0 Å². The highest BCUT2D eigenvalue weighted by atomic mass is 16.3. The zero-order valence-corrected chi connectivity index (χ0v) is 9.74. The second-order valence-electron chi connectivity index (χ2n) is 4.57. The number of nitrogens with zero attached hydrogens (tertiary/aromatic N) is 1. The Morgan fingerprint density at radius 1 is 1.13 bits per heavy atom. The summed E-state index contributed by atoms with van der Waals surface area (Å²) in [6.07, 6.45) is 3.69. The quantitative estimate of drug-likeness (QED) is 0.735. The van der Waals surface area contributed by atoms with Crippen molar-refractivity contribution < 1.29 is 4.42 Å². The van der Waals surface area contributed by atoms with Crippen LogP contribution in [-0.4, -0.2) is 4.98 Å². The van der Waals surface area contributed by atoms with Gasteiger partial charge in [0.25, 0.3) is 0 Å². The lowest BCUT2D eigenvalue weighted by atomic mass is 9.97. The van der Waals surface area contributed by atoms with Crippen LogP contribution in [0.2, 0.25) is 0 Å². The van der Waals surface area contributed by atoms with Crippen LogP contribution in [0.1, 0.15) is 50.8 Å². The predicted molar refractivity (Wildman–Crippen MR) is 62.2 cm³/mol. The molecule has 0 unspecified atom stereocenters. The molecule has 2 aromatic rings. The molecule has 2 heterocycles. The third kappa shape index (κ3) is 1.65. The van der Waals surface area contributed by atoms with Crippen LogP contribution in [0.5, 0.6) is 0 Å². The Labute approximate surface area is 90.3 Å². The van der Waals surface area contributed by atoms with Crippen LogP contribution in [0.25, 0.3) is 11.0 Å².